The molecule has 8 heteroatoms. The summed E-state index contributed by atoms with van der Waals surface area (Å²) in [5.74, 6) is -1.50. The third-order valence-electron chi connectivity index (χ3n) is 2.75. The third kappa shape index (κ3) is 3.87. The lowest BCUT2D eigenvalue weighted by molar-refractivity contribution is 0.0878. The largest absolute Gasteiger partial charge is 0.467 e. The molecule has 0 saturated heterocycles. The van der Waals surface area contributed by atoms with Crippen LogP contribution in [0, 0.1) is 11.6 Å². The molecule has 0 amide bonds. The number of sulfonamides is 1. The van der Waals surface area contributed by atoms with Gasteiger partial charge in [-0.2, -0.15) is 0 Å². The van der Waals surface area contributed by atoms with E-state index in [4.69, 9.17) is 9.15 Å². The minimum Gasteiger partial charge on any atom is -0.467 e. The molecule has 0 aliphatic heterocycles. The van der Waals surface area contributed by atoms with Gasteiger partial charge in [0, 0.05) is 19.7 Å². The smallest absolute Gasteiger partial charge is 0.240 e. The zero-order valence-electron chi connectivity index (χ0n) is 11.0. The van der Waals surface area contributed by atoms with Gasteiger partial charge in [-0.15, -0.1) is 0 Å². The molecule has 0 radical (unpaired) electrons. The number of hydrogen-bond donors (Lipinski definition) is 1. The van der Waals surface area contributed by atoms with Gasteiger partial charge in [-0.1, -0.05) is 0 Å². The molecule has 1 N–H and O–H groups in total. The SMILES string of the molecule is COC(CNS(=O)(=O)c1cc(F)cc(F)c1)c1ccco1. The van der Waals surface area contributed by atoms with Gasteiger partial charge in [-0.3, -0.25) is 0 Å². The Kier molecular flexibility index (Phi) is 4.71. The zero-order valence-corrected chi connectivity index (χ0v) is 11.9. The summed E-state index contributed by atoms with van der Waals surface area (Å²) in [4.78, 5) is -0.491. The predicted octanol–water partition coefficient (Wildman–Crippen LogP) is 2.22. The van der Waals surface area contributed by atoms with Gasteiger partial charge < -0.3 is 9.15 Å². The number of hydrogen-bond acceptors (Lipinski definition) is 4. The highest BCUT2D eigenvalue weighted by Crippen LogP contribution is 2.18. The van der Waals surface area contributed by atoms with Crippen molar-refractivity contribution in [3.05, 3.63) is 54.0 Å². The van der Waals surface area contributed by atoms with E-state index in [1.165, 1.54) is 13.4 Å². The first kappa shape index (κ1) is 15.6. The van der Waals surface area contributed by atoms with Crippen molar-refractivity contribution >= 4 is 10.0 Å². The van der Waals surface area contributed by atoms with E-state index < -0.39 is 32.7 Å². The zero-order chi connectivity index (χ0) is 15.5. The van der Waals surface area contributed by atoms with Crippen molar-refractivity contribution in [2.45, 2.75) is 11.0 Å². The van der Waals surface area contributed by atoms with Gasteiger partial charge in [0.1, 0.15) is 23.5 Å². The number of halogens is 2. The minimum atomic E-state index is -4.05. The number of rotatable bonds is 6. The van der Waals surface area contributed by atoms with E-state index in [-0.39, 0.29) is 6.54 Å². The molecule has 0 fully saturated rings. The quantitative estimate of drug-likeness (QED) is 0.887. The van der Waals surface area contributed by atoms with Crippen molar-refractivity contribution in [1.82, 2.24) is 4.72 Å². The van der Waals surface area contributed by atoms with Crippen molar-refractivity contribution in [2.24, 2.45) is 0 Å². The van der Waals surface area contributed by atoms with E-state index in [9.17, 15) is 17.2 Å². The summed E-state index contributed by atoms with van der Waals surface area (Å²) in [7, 11) is -2.66. The summed E-state index contributed by atoms with van der Waals surface area (Å²) in [5.41, 5.74) is 0. The maximum atomic E-state index is 13.1. The highest BCUT2D eigenvalue weighted by atomic mass is 32.2. The van der Waals surface area contributed by atoms with Gasteiger partial charge in [0.05, 0.1) is 11.2 Å². The maximum absolute atomic E-state index is 13.1. The van der Waals surface area contributed by atoms with Crippen molar-refractivity contribution in [3.63, 3.8) is 0 Å². The standard InChI is InChI=1S/C13H13F2NO4S/c1-19-13(12-3-2-4-20-12)8-16-21(17,18)11-6-9(14)5-10(15)7-11/h2-7,13,16H,8H2,1H3. The van der Waals surface area contributed by atoms with Gasteiger partial charge in [0.2, 0.25) is 10.0 Å². The minimum absolute atomic E-state index is 0.134. The molecule has 1 atom stereocenters. The molecule has 1 heterocycles. The van der Waals surface area contributed by atoms with Gasteiger partial charge in [-0.25, -0.2) is 21.9 Å². The first-order chi connectivity index (χ1) is 9.92. The Balaban J connectivity index is 2.14. The first-order valence-corrected chi connectivity index (χ1v) is 7.42. The topological polar surface area (TPSA) is 68.5 Å². The van der Waals surface area contributed by atoms with Gasteiger partial charge in [0.25, 0.3) is 0 Å². The summed E-state index contributed by atoms with van der Waals surface area (Å²) < 4.78 is 62.6. The van der Waals surface area contributed by atoms with Crippen LogP contribution in [0.5, 0.6) is 0 Å². The van der Waals surface area contributed by atoms with Gasteiger partial charge in [0.15, 0.2) is 0 Å². The highest BCUT2D eigenvalue weighted by molar-refractivity contribution is 7.89. The number of benzene rings is 1. The van der Waals surface area contributed by atoms with Crippen LogP contribution >= 0.6 is 0 Å². The second-order valence-electron chi connectivity index (χ2n) is 4.20. The molecule has 21 heavy (non-hydrogen) atoms. The molecule has 2 aromatic rings. The first-order valence-electron chi connectivity index (χ1n) is 5.94. The Labute approximate surface area is 120 Å². The van der Waals surface area contributed by atoms with E-state index in [0.717, 1.165) is 12.1 Å². The van der Waals surface area contributed by atoms with Crippen molar-refractivity contribution < 1.29 is 26.4 Å². The molecule has 0 saturated carbocycles. The Morgan fingerprint density at radius 3 is 2.48 bits per heavy atom. The normalized spacial score (nSPS) is 13.3. The molecule has 0 spiro atoms. The average Bonchev–Trinajstić information content (AvgIpc) is 2.92. The second-order valence-corrected chi connectivity index (χ2v) is 5.96. The Morgan fingerprint density at radius 2 is 1.95 bits per heavy atom. The fraction of sp³-hybridized carbons (Fsp3) is 0.231. The van der Waals surface area contributed by atoms with Crippen molar-refractivity contribution in [1.29, 1.82) is 0 Å². The molecule has 0 aliphatic rings. The summed E-state index contributed by atoms with van der Waals surface area (Å²) in [6.07, 6.45) is 0.783. The summed E-state index contributed by atoms with van der Waals surface area (Å²) in [6, 6.07) is 5.34. The molecule has 1 unspecified atom stereocenters. The van der Waals surface area contributed by atoms with Crippen LogP contribution in [0.3, 0.4) is 0 Å². The summed E-state index contributed by atoms with van der Waals surface area (Å²) in [5, 5.41) is 0. The second kappa shape index (κ2) is 6.33. The van der Waals surface area contributed by atoms with Crippen LogP contribution in [0.1, 0.15) is 11.9 Å². The molecular formula is C13H13F2NO4S. The average molecular weight is 317 g/mol. The van der Waals surface area contributed by atoms with Crippen LogP contribution in [0.15, 0.2) is 45.9 Å². The van der Waals surface area contributed by atoms with Crippen LogP contribution in [-0.2, 0) is 14.8 Å². The Hall–Kier alpha value is -1.77. The van der Waals surface area contributed by atoms with Crippen LogP contribution < -0.4 is 4.72 Å². The maximum Gasteiger partial charge on any atom is 0.240 e. The van der Waals surface area contributed by atoms with E-state index in [2.05, 4.69) is 4.72 Å². The lowest BCUT2D eigenvalue weighted by atomic mass is 10.3. The van der Waals surface area contributed by atoms with E-state index in [1.807, 2.05) is 0 Å². The third-order valence-corrected chi connectivity index (χ3v) is 4.15. The lowest BCUT2D eigenvalue weighted by Gasteiger charge is -2.14. The molecule has 1 aromatic carbocycles. The number of methoxy groups -OCH3 is 1. The fourth-order valence-corrected chi connectivity index (χ4v) is 2.80. The van der Waals surface area contributed by atoms with Gasteiger partial charge in [-0.05, 0) is 24.3 Å². The van der Waals surface area contributed by atoms with Crippen LogP contribution in [-0.4, -0.2) is 22.1 Å². The fourth-order valence-electron chi connectivity index (χ4n) is 1.73. The lowest BCUT2D eigenvalue weighted by Crippen LogP contribution is -2.29. The summed E-state index contributed by atoms with van der Waals surface area (Å²) in [6.45, 7) is -0.134. The monoisotopic (exact) mass is 317 g/mol. The Bertz CT molecular complexity index is 681. The number of ether oxygens (including phenoxy) is 1. The Morgan fingerprint density at radius 1 is 1.29 bits per heavy atom. The van der Waals surface area contributed by atoms with E-state index in [1.54, 1.807) is 12.1 Å². The van der Waals surface area contributed by atoms with Gasteiger partial charge >= 0.3 is 0 Å². The van der Waals surface area contributed by atoms with Crippen LogP contribution in [0.4, 0.5) is 8.78 Å². The van der Waals surface area contributed by atoms with Crippen molar-refractivity contribution in [2.75, 3.05) is 13.7 Å². The van der Waals surface area contributed by atoms with E-state index in [0.29, 0.717) is 11.8 Å². The number of nitrogens with one attached hydrogen (secondary N) is 1. The summed E-state index contributed by atoms with van der Waals surface area (Å²) >= 11 is 0. The molecule has 2 rings (SSSR count). The number of furan rings is 1. The van der Waals surface area contributed by atoms with E-state index >= 15 is 0 Å². The molecule has 114 valence electrons. The molecular weight excluding hydrogens is 304 g/mol. The molecule has 0 bridgehead atoms. The molecule has 0 aliphatic carbocycles. The molecule has 5 nitrogen and oxygen atoms in total. The molecule has 1 aromatic heterocycles. The highest BCUT2D eigenvalue weighted by Gasteiger charge is 2.20. The van der Waals surface area contributed by atoms with Crippen LogP contribution in [0.2, 0.25) is 0 Å². The van der Waals surface area contributed by atoms with Crippen LogP contribution in [0.25, 0.3) is 0 Å². The van der Waals surface area contributed by atoms with Crippen molar-refractivity contribution in [3.8, 4) is 0 Å². The predicted molar refractivity (Wildman–Crippen MR) is 70.0 cm³/mol.